The van der Waals surface area contributed by atoms with Gasteiger partial charge in [0.15, 0.2) is 0 Å². The van der Waals surface area contributed by atoms with Gasteiger partial charge in [0.1, 0.15) is 0 Å². The standard InChI is InChI=1S/C19H18Cl2N2O2/c1-12-3-2-4-13(7-12)10-22-19(25)14-8-18(24)23(11-14)17-9-15(20)5-6-16(17)21/h2-7,9,14H,8,10-11H2,1H3,(H,22,25). The minimum atomic E-state index is -0.396. The quantitative estimate of drug-likeness (QED) is 0.877. The fourth-order valence-corrected chi connectivity index (χ4v) is 3.35. The molecule has 1 fully saturated rings. The molecular weight excluding hydrogens is 359 g/mol. The van der Waals surface area contributed by atoms with Crippen molar-refractivity contribution in [3.8, 4) is 0 Å². The summed E-state index contributed by atoms with van der Waals surface area (Å²) in [6, 6.07) is 12.9. The van der Waals surface area contributed by atoms with E-state index in [9.17, 15) is 9.59 Å². The van der Waals surface area contributed by atoms with Crippen LogP contribution in [-0.2, 0) is 16.1 Å². The molecule has 0 aliphatic carbocycles. The number of nitrogens with zero attached hydrogens (tertiary/aromatic N) is 1. The van der Waals surface area contributed by atoms with Crippen molar-refractivity contribution in [1.82, 2.24) is 5.32 Å². The number of rotatable bonds is 4. The van der Waals surface area contributed by atoms with E-state index in [4.69, 9.17) is 23.2 Å². The number of halogens is 2. The third-order valence-corrected chi connectivity index (χ3v) is 4.80. The molecule has 2 amide bonds. The molecule has 3 rings (SSSR count). The number of benzene rings is 2. The molecule has 1 saturated heterocycles. The van der Waals surface area contributed by atoms with Crippen LogP contribution in [-0.4, -0.2) is 18.4 Å². The van der Waals surface area contributed by atoms with Crippen LogP contribution in [0.3, 0.4) is 0 Å². The molecule has 130 valence electrons. The highest BCUT2D eigenvalue weighted by atomic mass is 35.5. The molecule has 0 bridgehead atoms. The van der Waals surface area contributed by atoms with Crippen LogP contribution in [0.5, 0.6) is 0 Å². The summed E-state index contributed by atoms with van der Waals surface area (Å²) in [6.45, 7) is 2.76. The second-order valence-electron chi connectivity index (χ2n) is 6.21. The van der Waals surface area contributed by atoms with Gasteiger partial charge in [-0.1, -0.05) is 53.0 Å². The fourth-order valence-electron chi connectivity index (χ4n) is 2.96. The molecule has 2 aromatic rings. The summed E-state index contributed by atoms with van der Waals surface area (Å²) >= 11 is 12.2. The van der Waals surface area contributed by atoms with E-state index >= 15 is 0 Å². The first-order valence-corrected chi connectivity index (χ1v) is 8.78. The van der Waals surface area contributed by atoms with Gasteiger partial charge in [-0.15, -0.1) is 0 Å². The predicted octanol–water partition coefficient (Wildman–Crippen LogP) is 3.97. The zero-order valence-electron chi connectivity index (χ0n) is 13.8. The number of carbonyl (C=O) groups excluding carboxylic acids is 2. The maximum absolute atomic E-state index is 12.4. The monoisotopic (exact) mass is 376 g/mol. The Balaban J connectivity index is 1.65. The number of aryl methyl sites for hydroxylation is 1. The van der Waals surface area contributed by atoms with Crippen molar-refractivity contribution in [1.29, 1.82) is 0 Å². The molecule has 1 aliphatic rings. The van der Waals surface area contributed by atoms with Crippen LogP contribution in [0.25, 0.3) is 0 Å². The van der Waals surface area contributed by atoms with E-state index in [0.717, 1.165) is 11.1 Å². The molecule has 0 spiro atoms. The molecular formula is C19H18Cl2N2O2. The Morgan fingerprint density at radius 2 is 2.04 bits per heavy atom. The number of anilines is 1. The topological polar surface area (TPSA) is 49.4 Å². The van der Waals surface area contributed by atoms with Crippen LogP contribution in [0.15, 0.2) is 42.5 Å². The molecule has 1 atom stereocenters. The number of hydrogen-bond acceptors (Lipinski definition) is 2. The van der Waals surface area contributed by atoms with Gasteiger partial charge in [0.25, 0.3) is 0 Å². The van der Waals surface area contributed by atoms with Crippen molar-refractivity contribution in [2.24, 2.45) is 5.92 Å². The molecule has 1 unspecified atom stereocenters. The van der Waals surface area contributed by atoms with Gasteiger partial charge in [-0.3, -0.25) is 9.59 Å². The summed E-state index contributed by atoms with van der Waals surface area (Å²) in [5.41, 5.74) is 2.73. The third-order valence-electron chi connectivity index (χ3n) is 4.24. The Morgan fingerprint density at radius 3 is 2.80 bits per heavy atom. The molecule has 4 nitrogen and oxygen atoms in total. The Bertz CT molecular complexity index is 823. The maximum Gasteiger partial charge on any atom is 0.227 e. The molecule has 1 heterocycles. The molecule has 2 aromatic carbocycles. The summed E-state index contributed by atoms with van der Waals surface area (Å²) < 4.78 is 0. The van der Waals surface area contributed by atoms with E-state index in [-0.39, 0.29) is 18.2 Å². The lowest BCUT2D eigenvalue weighted by Gasteiger charge is -2.18. The smallest absolute Gasteiger partial charge is 0.227 e. The summed E-state index contributed by atoms with van der Waals surface area (Å²) in [6.07, 6.45) is 0.169. The van der Waals surface area contributed by atoms with Crippen LogP contribution in [0.2, 0.25) is 10.0 Å². The minimum absolute atomic E-state index is 0.125. The Hall–Kier alpha value is -2.04. The van der Waals surface area contributed by atoms with Crippen LogP contribution < -0.4 is 10.2 Å². The lowest BCUT2D eigenvalue weighted by atomic mass is 10.1. The second-order valence-corrected chi connectivity index (χ2v) is 7.05. The van der Waals surface area contributed by atoms with Crippen molar-refractivity contribution in [2.75, 3.05) is 11.4 Å². The molecule has 0 saturated carbocycles. The SMILES string of the molecule is Cc1cccc(CNC(=O)C2CC(=O)N(c3cc(Cl)ccc3Cl)C2)c1. The highest BCUT2D eigenvalue weighted by Gasteiger charge is 2.35. The van der Waals surface area contributed by atoms with E-state index < -0.39 is 5.92 Å². The molecule has 0 radical (unpaired) electrons. The van der Waals surface area contributed by atoms with E-state index in [0.29, 0.717) is 28.8 Å². The van der Waals surface area contributed by atoms with Crippen LogP contribution in [0, 0.1) is 12.8 Å². The van der Waals surface area contributed by atoms with Gasteiger partial charge in [0, 0.05) is 24.5 Å². The van der Waals surface area contributed by atoms with Crippen LogP contribution in [0.4, 0.5) is 5.69 Å². The van der Waals surface area contributed by atoms with Gasteiger partial charge in [0.05, 0.1) is 16.6 Å². The van der Waals surface area contributed by atoms with Crippen molar-refractivity contribution in [2.45, 2.75) is 19.9 Å². The van der Waals surface area contributed by atoms with E-state index in [1.165, 1.54) is 4.90 Å². The van der Waals surface area contributed by atoms with Crippen molar-refractivity contribution < 1.29 is 9.59 Å². The van der Waals surface area contributed by atoms with Crippen molar-refractivity contribution in [3.63, 3.8) is 0 Å². The Labute approximate surface area is 156 Å². The first kappa shape index (κ1) is 17.8. The van der Waals surface area contributed by atoms with Gasteiger partial charge in [-0.25, -0.2) is 0 Å². The van der Waals surface area contributed by atoms with Gasteiger partial charge in [-0.05, 0) is 30.7 Å². The zero-order valence-corrected chi connectivity index (χ0v) is 15.3. The van der Waals surface area contributed by atoms with Crippen molar-refractivity contribution >= 4 is 40.7 Å². The van der Waals surface area contributed by atoms with Gasteiger partial charge < -0.3 is 10.2 Å². The predicted molar refractivity (Wildman–Crippen MR) is 99.9 cm³/mol. The first-order chi connectivity index (χ1) is 11.9. The average molecular weight is 377 g/mol. The average Bonchev–Trinajstić information content (AvgIpc) is 2.97. The third kappa shape index (κ3) is 4.14. The summed E-state index contributed by atoms with van der Waals surface area (Å²) in [7, 11) is 0. The summed E-state index contributed by atoms with van der Waals surface area (Å²) in [5.74, 6) is -0.650. The van der Waals surface area contributed by atoms with Gasteiger partial charge in [0.2, 0.25) is 11.8 Å². The van der Waals surface area contributed by atoms with Gasteiger partial charge in [-0.2, -0.15) is 0 Å². The number of carbonyl (C=O) groups is 2. The molecule has 0 aromatic heterocycles. The van der Waals surface area contributed by atoms with E-state index in [1.54, 1.807) is 18.2 Å². The summed E-state index contributed by atoms with van der Waals surface area (Å²) in [4.78, 5) is 26.3. The molecule has 6 heteroatoms. The Kier molecular flexibility index (Phi) is 5.30. The Morgan fingerprint density at radius 1 is 1.24 bits per heavy atom. The van der Waals surface area contributed by atoms with Crippen molar-refractivity contribution in [3.05, 3.63) is 63.6 Å². The molecule has 25 heavy (non-hydrogen) atoms. The number of amides is 2. The lowest BCUT2D eigenvalue weighted by molar-refractivity contribution is -0.126. The van der Waals surface area contributed by atoms with E-state index in [1.807, 2.05) is 31.2 Å². The van der Waals surface area contributed by atoms with E-state index in [2.05, 4.69) is 5.32 Å². The maximum atomic E-state index is 12.4. The normalized spacial score (nSPS) is 17.0. The highest BCUT2D eigenvalue weighted by Crippen LogP contribution is 2.33. The second kappa shape index (κ2) is 7.46. The molecule has 1 N–H and O–H groups in total. The van der Waals surface area contributed by atoms with Gasteiger partial charge >= 0.3 is 0 Å². The van der Waals surface area contributed by atoms with Crippen LogP contribution in [0.1, 0.15) is 17.5 Å². The van der Waals surface area contributed by atoms with Crippen LogP contribution >= 0.6 is 23.2 Å². The summed E-state index contributed by atoms with van der Waals surface area (Å²) in [5, 5.41) is 3.85. The largest absolute Gasteiger partial charge is 0.352 e. The lowest BCUT2D eigenvalue weighted by Crippen LogP contribution is -2.32. The fraction of sp³-hybridized carbons (Fsp3) is 0.263. The highest BCUT2D eigenvalue weighted by molar-refractivity contribution is 6.35. The number of hydrogen-bond donors (Lipinski definition) is 1. The minimum Gasteiger partial charge on any atom is -0.352 e. The molecule has 1 aliphatic heterocycles. The zero-order chi connectivity index (χ0) is 18.0. The first-order valence-electron chi connectivity index (χ1n) is 8.02. The number of nitrogens with one attached hydrogen (secondary N) is 1.